The molecule has 2 aromatic rings. The van der Waals surface area contributed by atoms with Crippen molar-refractivity contribution in [3.63, 3.8) is 0 Å². The van der Waals surface area contributed by atoms with E-state index in [9.17, 15) is 0 Å². The molecular weight excluding hydrogens is 260 g/mol. The normalized spacial score (nSPS) is 10.5. The summed E-state index contributed by atoms with van der Waals surface area (Å²) in [4.78, 5) is 14.8. The van der Waals surface area contributed by atoms with E-state index in [1.54, 1.807) is 6.20 Å². The molecule has 0 aliphatic heterocycles. The Morgan fingerprint density at radius 1 is 1.21 bits per heavy atom. The Bertz CT molecular complexity index is 530. The lowest BCUT2D eigenvalue weighted by Gasteiger charge is -2.20. The lowest BCUT2D eigenvalue weighted by molar-refractivity contribution is 0.827. The van der Waals surface area contributed by atoms with Crippen molar-refractivity contribution in [3.05, 3.63) is 47.1 Å². The molecule has 0 fully saturated rings. The van der Waals surface area contributed by atoms with Crippen molar-refractivity contribution in [1.29, 1.82) is 0 Å². The fourth-order valence-electron chi connectivity index (χ4n) is 1.99. The van der Waals surface area contributed by atoms with E-state index in [-0.39, 0.29) is 0 Å². The standard InChI is InChI=1S/C14H17ClN4/c1-3-6-12-13(15)17-10-18-14(12)19(2)9-11-7-4-5-8-16-11/h4-5,7-8,10H,3,6,9H2,1-2H3. The Kier molecular flexibility index (Phi) is 4.68. The highest BCUT2D eigenvalue weighted by molar-refractivity contribution is 6.30. The van der Waals surface area contributed by atoms with Gasteiger partial charge in [-0.2, -0.15) is 0 Å². The van der Waals surface area contributed by atoms with Gasteiger partial charge >= 0.3 is 0 Å². The molecule has 0 aliphatic carbocycles. The van der Waals surface area contributed by atoms with E-state index in [0.717, 1.165) is 29.9 Å². The molecule has 5 heteroatoms. The van der Waals surface area contributed by atoms with Crippen LogP contribution in [0.5, 0.6) is 0 Å². The summed E-state index contributed by atoms with van der Waals surface area (Å²) in [6, 6.07) is 5.89. The Hall–Kier alpha value is -1.68. The van der Waals surface area contributed by atoms with Crippen molar-refractivity contribution in [2.24, 2.45) is 0 Å². The third kappa shape index (κ3) is 3.41. The molecule has 0 bridgehead atoms. The van der Waals surface area contributed by atoms with E-state index in [2.05, 4.69) is 26.8 Å². The molecule has 2 rings (SSSR count). The number of pyridine rings is 1. The molecule has 0 N–H and O–H groups in total. The number of aromatic nitrogens is 3. The summed E-state index contributed by atoms with van der Waals surface area (Å²) >= 11 is 6.16. The molecule has 0 spiro atoms. The van der Waals surface area contributed by atoms with E-state index in [1.165, 1.54) is 6.33 Å². The zero-order valence-corrected chi connectivity index (χ0v) is 11.9. The number of nitrogens with zero attached hydrogens (tertiary/aromatic N) is 4. The van der Waals surface area contributed by atoms with Gasteiger partial charge in [0, 0.05) is 18.8 Å². The topological polar surface area (TPSA) is 41.9 Å². The highest BCUT2D eigenvalue weighted by atomic mass is 35.5. The summed E-state index contributed by atoms with van der Waals surface area (Å²) in [6.07, 6.45) is 5.19. The van der Waals surface area contributed by atoms with E-state index in [1.807, 2.05) is 25.2 Å². The second kappa shape index (κ2) is 6.48. The van der Waals surface area contributed by atoms with Gasteiger partial charge in [-0.05, 0) is 18.6 Å². The molecular formula is C14H17ClN4. The van der Waals surface area contributed by atoms with Gasteiger partial charge in [0.1, 0.15) is 17.3 Å². The Morgan fingerprint density at radius 2 is 2.05 bits per heavy atom. The van der Waals surface area contributed by atoms with Crippen molar-refractivity contribution in [1.82, 2.24) is 15.0 Å². The highest BCUT2D eigenvalue weighted by Gasteiger charge is 2.13. The lowest BCUT2D eigenvalue weighted by Crippen LogP contribution is -2.20. The van der Waals surface area contributed by atoms with Crippen LogP contribution in [0.3, 0.4) is 0 Å². The maximum atomic E-state index is 6.16. The van der Waals surface area contributed by atoms with Crippen LogP contribution < -0.4 is 4.90 Å². The minimum atomic E-state index is 0.541. The van der Waals surface area contributed by atoms with E-state index in [4.69, 9.17) is 11.6 Å². The third-order valence-electron chi connectivity index (χ3n) is 2.86. The van der Waals surface area contributed by atoms with E-state index in [0.29, 0.717) is 11.7 Å². The predicted octanol–water partition coefficient (Wildman–Crippen LogP) is 3.11. The quantitative estimate of drug-likeness (QED) is 0.787. The molecule has 19 heavy (non-hydrogen) atoms. The molecule has 2 aromatic heterocycles. The first kappa shape index (κ1) is 13.7. The molecule has 0 aromatic carbocycles. The van der Waals surface area contributed by atoms with Gasteiger partial charge in [-0.15, -0.1) is 0 Å². The average Bonchev–Trinajstić information content (AvgIpc) is 2.42. The molecule has 0 amide bonds. The number of hydrogen-bond acceptors (Lipinski definition) is 4. The van der Waals surface area contributed by atoms with Gasteiger partial charge in [0.2, 0.25) is 0 Å². The fraction of sp³-hybridized carbons (Fsp3) is 0.357. The number of halogens is 1. The van der Waals surface area contributed by atoms with Crippen LogP contribution in [0.2, 0.25) is 5.15 Å². The molecule has 0 saturated heterocycles. The maximum absolute atomic E-state index is 6.16. The first-order valence-corrected chi connectivity index (χ1v) is 6.70. The van der Waals surface area contributed by atoms with Crippen LogP contribution >= 0.6 is 11.6 Å². The second-order valence-corrected chi connectivity index (χ2v) is 4.75. The molecule has 0 radical (unpaired) electrons. The zero-order chi connectivity index (χ0) is 13.7. The van der Waals surface area contributed by atoms with Crippen LogP contribution in [-0.2, 0) is 13.0 Å². The average molecular weight is 277 g/mol. The molecule has 0 unspecified atom stereocenters. The summed E-state index contributed by atoms with van der Waals surface area (Å²) in [5.74, 6) is 0.882. The Labute approximate surface area is 118 Å². The largest absolute Gasteiger partial charge is 0.353 e. The third-order valence-corrected chi connectivity index (χ3v) is 3.18. The number of hydrogen-bond donors (Lipinski definition) is 0. The van der Waals surface area contributed by atoms with Gasteiger partial charge in [-0.3, -0.25) is 4.98 Å². The summed E-state index contributed by atoms with van der Waals surface area (Å²) in [6.45, 7) is 2.82. The first-order chi connectivity index (χ1) is 9.22. The van der Waals surface area contributed by atoms with Crippen molar-refractivity contribution in [2.75, 3.05) is 11.9 Å². The Morgan fingerprint density at radius 3 is 2.74 bits per heavy atom. The lowest BCUT2D eigenvalue weighted by atomic mass is 10.1. The molecule has 0 aliphatic rings. The van der Waals surface area contributed by atoms with Gasteiger partial charge in [-0.25, -0.2) is 9.97 Å². The Balaban J connectivity index is 2.23. The van der Waals surface area contributed by atoms with Crippen LogP contribution in [0.1, 0.15) is 24.6 Å². The number of anilines is 1. The van der Waals surface area contributed by atoms with E-state index < -0.39 is 0 Å². The van der Waals surface area contributed by atoms with Crippen LogP contribution in [0, 0.1) is 0 Å². The minimum Gasteiger partial charge on any atom is -0.353 e. The van der Waals surface area contributed by atoms with Gasteiger partial charge < -0.3 is 4.90 Å². The predicted molar refractivity (Wildman–Crippen MR) is 77.4 cm³/mol. The molecule has 2 heterocycles. The van der Waals surface area contributed by atoms with Crippen LogP contribution in [0.4, 0.5) is 5.82 Å². The summed E-state index contributed by atoms with van der Waals surface area (Å²) < 4.78 is 0. The number of rotatable bonds is 5. The van der Waals surface area contributed by atoms with E-state index >= 15 is 0 Å². The smallest absolute Gasteiger partial charge is 0.137 e. The van der Waals surface area contributed by atoms with Gasteiger partial charge in [0.15, 0.2) is 0 Å². The molecule has 0 saturated carbocycles. The van der Waals surface area contributed by atoms with Crippen LogP contribution in [0.15, 0.2) is 30.7 Å². The van der Waals surface area contributed by atoms with Crippen molar-refractivity contribution >= 4 is 17.4 Å². The summed E-state index contributed by atoms with van der Waals surface area (Å²) in [7, 11) is 1.99. The van der Waals surface area contributed by atoms with Crippen LogP contribution in [0.25, 0.3) is 0 Å². The van der Waals surface area contributed by atoms with Crippen LogP contribution in [-0.4, -0.2) is 22.0 Å². The molecule has 4 nitrogen and oxygen atoms in total. The highest BCUT2D eigenvalue weighted by Crippen LogP contribution is 2.24. The minimum absolute atomic E-state index is 0.541. The van der Waals surface area contributed by atoms with Gasteiger partial charge in [-0.1, -0.05) is 31.0 Å². The summed E-state index contributed by atoms with van der Waals surface area (Å²) in [5, 5.41) is 0.541. The zero-order valence-electron chi connectivity index (χ0n) is 11.2. The summed E-state index contributed by atoms with van der Waals surface area (Å²) in [5.41, 5.74) is 2.01. The van der Waals surface area contributed by atoms with Crippen molar-refractivity contribution < 1.29 is 0 Å². The molecule has 100 valence electrons. The fourth-order valence-corrected chi connectivity index (χ4v) is 2.21. The SMILES string of the molecule is CCCc1c(Cl)ncnc1N(C)Cc1ccccn1. The van der Waals surface area contributed by atoms with Crippen molar-refractivity contribution in [3.8, 4) is 0 Å². The second-order valence-electron chi connectivity index (χ2n) is 4.39. The van der Waals surface area contributed by atoms with Crippen molar-refractivity contribution in [2.45, 2.75) is 26.3 Å². The first-order valence-electron chi connectivity index (χ1n) is 6.32. The monoisotopic (exact) mass is 276 g/mol. The maximum Gasteiger partial charge on any atom is 0.137 e. The van der Waals surface area contributed by atoms with Gasteiger partial charge in [0.05, 0.1) is 12.2 Å². The molecule has 0 atom stereocenters. The van der Waals surface area contributed by atoms with Gasteiger partial charge in [0.25, 0.3) is 0 Å².